The van der Waals surface area contributed by atoms with Gasteiger partial charge in [0.25, 0.3) is 0 Å². The average molecular weight is 277 g/mol. The highest BCUT2D eigenvalue weighted by molar-refractivity contribution is 5.78. The van der Waals surface area contributed by atoms with Crippen molar-refractivity contribution < 1.29 is 0 Å². The van der Waals surface area contributed by atoms with Gasteiger partial charge < -0.3 is 5.73 Å². The number of aromatic nitrogens is 2. The lowest BCUT2D eigenvalue weighted by atomic mass is 9.98. The number of imidazole rings is 1. The maximum atomic E-state index is 6.70. The molecule has 3 aromatic rings. The predicted molar refractivity (Wildman–Crippen MR) is 85.4 cm³/mol. The molecule has 0 unspecified atom stereocenters. The fourth-order valence-corrected chi connectivity index (χ4v) is 3.43. The summed E-state index contributed by atoms with van der Waals surface area (Å²) in [6.07, 6.45) is 4.41. The fourth-order valence-electron chi connectivity index (χ4n) is 3.43. The summed E-state index contributed by atoms with van der Waals surface area (Å²) in [4.78, 5) is 4.88. The van der Waals surface area contributed by atoms with Crippen LogP contribution in [0, 0.1) is 0 Å². The van der Waals surface area contributed by atoms with E-state index in [4.69, 9.17) is 10.7 Å². The molecule has 0 aliphatic heterocycles. The van der Waals surface area contributed by atoms with Crippen LogP contribution in [-0.2, 0) is 5.54 Å². The van der Waals surface area contributed by atoms with Crippen molar-refractivity contribution in [3.05, 3.63) is 60.4 Å². The van der Waals surface area contributed by atoms with Gasteiger partial charge in [0, 0.05) is 5.69 Å². The zero-order valence-electron chi connectivity index (χ0n) is 12.0. The molecule has 3 nitrogen and oxygen atoms in total. The van der Waals surface area contributed by atoms with Crippen LogP contribution in [0.2, 0.25) is 0 Å². The molecule has 0 amide bonds. The summed E-state index contributed by atoms with van der Waals surface area (Å²) >= 11 is 0. The lowest BCUT2D eigenvalue weighted by Crippen LogP contribution is -2.36. The van der Waals surface area contributed by atoms with Crippen LogP contribution in [0.5, 0.6) is 0 Å². The van der Waals surface area contributed by atoms with Gasteiger partial charge in [-0.05, 0) is 37.1 Å². The van der Waals surface area contributed by atoms with E-state index in [0.29, 0.717) is 0 Å². The number of nitrogens with zero attached hydrogens (tertiary/aromatic N) is 2. The van der Waals surface area contributed by atoms with Crippen molar-refractivity contribution in [1.29, 1.82) is 0 Å². The van der Waals surface area contributed by atoms with Gasteiger partial charge in [0.15, 0.2) is 0 Å². The van der Waals surface area contributed by atoms with E-state index in [0.717, 1.165) is 35.4 Å². The lowest BCUT2D eigenvalue weighted by Gasteiger charge is -2.24. The molecule has 106 valence electrons. The number of hydrogen-bond donors (Lipinski definition) is 1. The van der Waals surface area contributed by atoms with E-state index in [1.54, 1.807) is 0 Å². The first-order chi connectivity index (χ1) is 10.3. The Balaban J connectivity index is 2.02. The first-order valence-electron chi connectivity index (χ1n) is 7.60. The molecule has 1 aliphatic rings. The van der Waals surface area contributed by atoms with Crippen LogP contribution in [0.3, 0.4) is 0 Å². The van der Waals surface area contributed by atoms with Crippen LogP contribution in [-0.4, -0.2) is 9.55 Å². The smallest absolute Gasteiger partial charge is 0.134 e. The third-order valence-corrected chi connectivity index (χ3v) is 4.52. The fraction of sp³-hybridized carbons (Fsp3) is 0.278. The first-order valence-corrected chi connectivity index (χ1v) is 7.60. The lowest BCUT2D eigenvalue weighted by molar-refractivity contribution is 0.427. The Morgan fingerprint density at radius 3 is 2.33 bits per heavy atom. The molecule has 3 heteroatoms. The van der Waals surface area contributed by atoms with Gasteiger partial charge in [-0.25, -0.2) is 4.98 Å². The molecule has 1 saturated carbocycles. The highest BCUT2D eigenvalue weighted by Gasteiger charge is 2.36. The van der Waals surface area contributed by atoms with E-state index in [2.05, 4.69) is 47.0 Å². The third kappa shape index (κ3) is 1.96. The van der Waals surface area contributed by atoms with Gasteiger partial charge in [-0.3, -0.25) is 4.57 Å². The van der Waals surface area contributed by atoms with Crippen LogP contribution in [0.1, 0.15) is 31.5 Å². The quantitative estimate of drug-likeness (QED) is 0.775. The van der Waals surface area contributed by atoms with Crippen LogP contribution < -0.4 is 5.73 Å². The van der Waals surface area contributed by atoms with Gasteiger partial charge in [0.05, 0.1) is 16.6 Å². The Morgan fingerprint density at radius 1 is 0.905 bits per heavy atom. The van der Waals surface area contributed by atoms with Gasteiger partial charge in [-0.1, -0.05) is 43.2 Å². The van der Waals surface area contributed by atoms with Crippen molar-refractivity contribution in [3.8, 4) is 5.69 Å². The van der Waals surface area contributed by atoms with Gasteiger partial charge >= 0.3 is 0 Å². The van der Waals surface area contributed by atoms with Crippen molar-refractivity contribution in [3.63, 3.8) is 0 Å². The minimum absolute atomic E-state index is 0.297. The summed E-state index contributed by atoms with van der Waals surface area (Å²) in [5, 5.41) is 0. The Bertz CT molecular complexity index is 768. The van der Waals surface area contributed by atoms with Crippen LogP contribution >= 0.6 is 0 Å². The SMILES string of the molecule is NC1(c2nc3ccccc3n2-c2ccccc2)CCCC1. The predicted octanol–water partition coefficient (Wildman–Crippen LogP) is 3.75. The van der Waals surface area contributed by atoms with Crippen molar-refractivity contribution in [2.75, 3.05) is 0 Å². The molecular weight excluding hydrogens is 258 g/mol. The molecule has 0 atom stereocenters. The summed E-state index contributed by atoms with van der Waals surface area (Å²) in [5.74, 6) is 1.01. The Morgan fingerprint density at radius 2 is 1.57 bits per heavy atom. The molecule has 0 saturated heterocycles. The molecule has 0 bridgehead atoms. The zero-order valence-corrected chi connectivity index (χ0v) is 12.0. The molecule has 0 radical (unpaired) electrons. The second-order valence-corrected chi connectivity index (χ2v) is 5.96. The Kier molecular flexibility index (Phi) is 2.82. The first kappa shape index (κ1) is 12.6. The minimum atomic E-state index is -0.297. The molecule has 1 aliphatic carbocycles. The molecule has 1 fully saturated rings. The molecule has 0 spiro atoms. The topological polar surface area (TPSA) is 43.8 Å². The summed E-state index contributed by atoms with van der Waals surface area (Å²) in [5.41, 5.74) is 9.70. The number of fused-ring (bicyclic) bond motifs is 1. The number of hydrogen-bond acceptors (Lipinski definition) is 2. The van der Waals surface area contributed by atoms with Crippen LogP contribution in [0.25, 0.3) is 16.7 Å². The standard InChI is InChI=1S/C18H19N3/c19-18(12-6-7-13-18)17-20-15-10-4-5-11-16(15)21(17)14-8-2-1-3-9-14/h1-5,8-11H,6-7,12-13,19H2. The Labute approximate surface area is 124 Å². The van der Waals surface area contributed by atoms with E-state index in [-0.39, 0.29) is 5.54 Å². The zero-order chi connectivity index (χ0) is 14.3. The van der Waals surface area contributed by atoms with E-state index in [9.17, 15) is 0 Å². The summed E-state index contributed by atoms with van der Waals surface area (Å²) < 4.78 is 2.24. The third-order valence-electron chi connectivity index (χ3n) is 4.52. The van der Waals surface area contributed by atoms with E-state index < -0.39 is 0 Å². The highest BCUT2D eigenvalue weighted by atomic mass is 15.1. The summed E-state index contributed by atoms with van der Waals surface area (Å²) in [6, 6.07) is 18.7. The van der Waals surface area contributed by atoms with E-state index in [1.165, 1.54) is 12.8 Å². The van der Waals surface area contributed by atoms with Gasteiger partial charge in [-0.2, -0.15) is 0 Å². The average Bonchev–Trinajstić information content (AvgIpc) is 3.13. The molecule has 4 rings (SSSR count). The monoisotopic (exact) mass is 277 g/mol. The van der Waals surface area contributed by atoms with Crippen molar-refractivity contribution in [2.24, 2.45) is 5.73 Å². The van der Waals surface area contributed by atoms with Crippen molar-refractivity contribution in [1.82, 2.24) is 9.55 Å². The number of rotatable bonds is 2. The number of nitrogens with two attached hydrogens (primary N) is 1. The summed E-state index contributed by atoms with van der Waals surface area (Å²) in [6.45, 7) is 0. The molecule has 21 heavy (non-hydrogen) atoms. The Hall–Kier alpha value is -2.13. The molecule has 2 N–H and O–H groups in total. The molecule has 2 aromatic carbocycles. The molecular formula is C18H19N3. The maximum absolute atomic E-state index is 6.70. The van der Waals surface area contributed by atoms with Gasteiger partial charge in [0.1, 0.15) is 5.82 Å². The van der Waals surface area contributed by atoms with Crippen LogP contribution in [0.15, 0.2) is 54.6 Å². The normalized spacial score (nSPS) is 17.4. The highest BCUT2D eigenvalue weighted by Crippen LogP contribution is 2.38. The second kappa shape index (κ2) is 4.71. The van der Waals surface area contributed by atoms with Gasteiger partial charge in [-0.15, -0.1) is 0 Å². The van der Waals surface area contributed by atoms with E-state index >= 15 is 0 Å². The number of benzene rings is 2. The number of para-hydroxylation sites is 3. The summed E-state index contributed by atoms with van der Waals surface area (Å²) in [7, 11) is 0. The maximum Gasteiger partial charge on any atom is 0.134 e. The van der Waals surface area contributed by atoms with E-state index in [1.807, 2.05) is 12.1 Å². The van der Waals surface area contributed by atoms with Gasteiger partial charge in [0.2, 0.25) is 0 Å². The molecule has 1 aromatic heterocycles. The molecule has 1 heterocycles. The second-order valence-electron chi connectivity index (χ2n) is 5.96. The van der Waals surface area contributed by atoms with Crippen LogP contribution in [0.4, 0.5) is 0 Å². The minimum Gasteiger partial charge on any atom is -0.319 e. The largest absolute Gasteiger partial charge is 0.319 e. The van der Waals surface area contributed by atoms with Crippen molar-refractivity contribution in [2.45, 2.75) is 31.2 Å². The van der Waals surface area contributed by atoms with Crippen molar-refractivity contribution >= 4 is 11.0 Å².